The average Bonchev–Trinajstić information content (AvgIpc) is 2.18. The Morgan fingerprint density at radius 3 is 2.14 bits per heavy atom. The van der Waals surface area contributed by atoms with Gasteiger partial charge < -0.3 is 9.31 Å². The molecule has 0 amide bonds. The highest BCUT2D eigenvalue weighted by molar-refractivity contribution is 6.61. The summed E-state index contributed by atoms with van der Waals surface area (Å²) in [5.41, 5.74) is 3.66. The third kappa shape index (κ3) is 2.17. The molecule has 2 rings (SSSR count). The van der Waals surface area contributed by atoms with Crippen LogP contribution in [0.5, 0.6) is 0 Å². The third-order valence-electron chi connectivity index (χ3n) is 2.34. The summed E-state index contributed by atoms with van der Waals surface area (Å²) in [6.45, 7) is 5.80. The lowest BCUT2D eigenvalue weighted by Gasteiger charge is -2.20. The topological polar surface area (TPSA) is 18.5 Å². The van der Waals surface area contributed by atoms with Crippen molar-refractivity contribution >= 4 is 12.6 Å². The van der Waals surface area contributed by atoms with Crippen molar-refractivity contribution in [1.29, 1.82) is 0 Å². The molecule has 1 aromatic rings. The molecule has 1 saturated heterocycles. The Bertz CT molecular complexity index is 299. The predicted octanol–water partition coefficient (Wildman–Crippen LogP) is 1.44. The van der Waals surface area contributed by atoms with Gasteiger partial charge in [0.05, 0.1) is 0 Å². The Morgan fingerprint density at radius 1 is 1.00 bits per heavy atom. The van der Waals surface area contributed by atoms with E-state index in [1.807, 2.05) is 0 Å². The van der Waals surface area contributed by atoms with Gasteiger partial charge in [0.1, 0.15) is 0 Å². The van der Waals surface area contributed by atoms with Gasteiger partial charge in [0.2, 0.25) is 0 Å². The van der Waals surface area contributed by atoms with Crippen LogP contribution in [0.25, 0.3) is 0 Å². The maximum Gasteiger partial charge on any atom is 0.493 e. The van der Waals surface area contributed by atoms with Gasteiger partial charge in [0.25, 0.3) is 0 Å². The lowest BCUT2D eigenvalue weighted by Crippen LogP contribution is -2.41. The van der Waals surface area contributed by atoms with Crippen LogP contribution in [0.15, 0.2) is 18.2 Å². The minimum atomic E-state index is -0.151. The van der Waals surface area contributed by atoms with Crippen molar-refractivity contribution in [3.63, 3.8) is 0 Å². The fourth-order valence-electron chi connectivity index (χ4n) is 1.83. The van der Waals surface area contributed by atoms with Crippen LogP contribution in [0.1, 0.15) is 17.5 Å². The lowest BCUT2D eigenvalue weighted by atomic mass is 9.76. The molecule has 1 aromatic carbocycles. The van der Waals surface area contributed by atoms with E-state index in [9.17, 15) is 0 Å². The number of hydrogen-bond donors (Lipinski definition) is 0. The van der Waals surface area contributed by atoms with Crippen LogP contribution in [0, 0.1) is 13.8 Å². The number of benzene rings is 1. The SMILES string of the molecule is Cc1cc(C)cc(B2OCCCO2)c1. The number of rotatable bonds is 1. The van der Waals surface area contributed by atoms with Gasteiger partial charge in [-0.1, -0.05) is 29.3 Å². The predicted molar refractivity (Wildman–Crippen MR) is 57.8 cm³/mol. The first-order valence-corrected chi connectivity index (χ1v) is 5.07. The Labute approximate surface area is 85.4 Å². The molecule has 0 spiro atoms. The van der Waals surface area contributed by atoms with E-state index in [1.165, 1.54) is 11.1 Å². The molecule has 0 unspecified atom stereocenters. The van der Waals surface area contributed by atoms with Gasteiger partial charge in [-0.15, -0.1) is 0 Å². The van der Waals surface area contributed by atoms with Gasteiger partial charge in [-0.25, -0.2) is 0 Å². The summed E-state index contributed by atoms with van der Waals surface area (Å²) in [6.07, 6.45) is 1.00. The first-order chi connectivity index (χ1) is 6.75. The first kappa shape index (κ1) is 9.75. The van der Waals surface area contributed by atoms with Gasteiger partial charge in [-0.2, -0.15) is 0 Å². The Hall–Kier alpha value is -0.795. The van der Waals surface area contributed by atoms with Crippen molar-refractivity contribution < 1.29 is 9.31 Å². The molecule has 0 N–H and O–H groups in total. The van der Waals surface area contributed by atoms with Crippen LogP contribution in [-0.2, 0) is 9.31 Å². The molecule has 0 saturated carbocycles. The highest BCUT2D eigenvalue weighted by Gasteiger charge is 2.24. The van der Waals surface area contributed by atoms with E-state index in [4.69, 9.17) is 9.31 Å². The summed E-state index contributed by atoms with van der Waals surface area (Å²) >= 11 is 0. The molecule has 1 fully saturated rings. The molecule has 0 aliphatic carbocycles. The molecule has 0 bridgehead atoms. The minimum absolute atomic E-state index is 0.151. The van der Waals surface area contributed by atoms with Crippen LogP contribution in [-0.4, -0.2) is 20.3 Å². The first-order valence-electron chi connectivity index (χ1n) is 5.07. The molecule has 3 heteroatoms. The summed E-state index contributed by atoms with van der Waals surface area (Å²) in [6, 6.07) is 6.41. The van der Waals surface area contributed by atoms with Crippen LogP contribution >= 0.6 is 0 Å². The summed E-state index contributed by atoms with van der Waals surface area (Å²) < 4.78 is 11.1. The average molecular weight is 190 g/mol. The van der Waals surface area contributed by atoms with Gasteiger partial charge >= 0.3 is 7.12 Å². The molecular formula is C11H15BO2. The molecule has 74 valence electrons. The van der Waals surface area contributed by atoms with Crippen molar-refractivity contribution in [3.8, 4) is 0 Å². The second kappa shape index (κ2) is 4.15. The monoisotopic (exact) mass is 190 g/mol. The normalized spacial score (nSPS) is 17.1. The van der Waals surface area contributed by atoms with E-state index in [2.05, 4.69) is 32.0 Å². The highest BCUT2D eigenvalue weighted by atomic mass is 16.6. The maximum atomic E-state index is 5.55. The zero-order valence-electron chi connectivity index (χ0n) is 8.75. The van der Waals surface area contributed by atoms with Gasteiger partial charge in [-0.3, -0.25) is 0 Å². The zero-order chi connectivity index (χ0) is 9.97. The molecule has 1 aliphatic heterocycles. The molecule has 1 heterocycles. The lowest BCUT2D eigenvalue weighted by molar-refractivity contribution is 0.143. The largest absolute Gasteiger partial charge is 0.493 e. The van der Waals surface area contributed by atoms with Gasteiger partial charge in [0, 0.05) is 13.2 Å². The van der Waals surface area contributed by atoms with Crippen LogP contribution in [0.4, 0.5) is 0 Å². The molecule has 1 aliphatic rings. The Kier molecular flexibility index (Phi) is 2.89. The number of hydrogen-bond acceptors (Lipinski definition) is 2. The minimum Gasteiger partial charge on any atom is -0.407 e. The summed E-state index contributed by atoms with van der Waals surface area (Å²) in [5.74, 6) is 0. The molecule has 0 atom stereocenters. The maximum absolute atomic E-state index is 5.55. The number of aryl methyl sites for hydroxylation is 2. The highest BCUT2D eigenvalue weighted by Crippen LogP contribution is 2.06. The van der Waals surface area contributed by atoms with E-state index in [0.717, 1.165) is 25.1 Å². The van der Waals surface area contributed by atoms with Crippen molar-refractivity contribution in [3.05, 3.63) is 29.3 Å². The fourth-order valence-corrected chi connectivity index (χ4v) is 1.83. The zero-order valence-corrected chi connectivity index (χ0v) is 8.75. The quantitative estimate of drug-likeness (QED) is 0.623. The van der Waals surface area contributed by atoms with E-state index in [0.29, 0.717) is 0 Å². The molecule has 2 nitrogen and oxygen atoms in total. The molecule has 14 heavy (non-hydrogen) atoms. The third-order valence-corrected chi connectivity index (χ3v) is 2.34. The van der Waals surface area contributed by atoms with E-state index >= 15 is 0 Å². The van der Waals surface area contributed by atoms with Crippen molar-refractivity contribution in [2.75, 3.05) is 13.2 Å². The van der Waals surface area contributed by atoms with Crippen molar-refractivity contribution in [1.82, 2.24) is 0 Å². The van der Waals surface area contributed by atoms with Gasteiger partial charge in [0.15, 0.2) is 0 Å². The van der Waals surface area contributed by atoms with Crippen molar-refractivity contribution in [2.24, 2.45) is 0 Å². The second-order valence-electron chi connectivity index (χ2n) is 3.85. The Balaban J connectivity index is 2.21. The summed E-state index contributed by atoms with van der Waals surface area (Å²) in [7, 11) is -0.151. The van der Waals surface area contributed by atoms with E-state index in [-0.39, 0.29) is 7.12 Å². The van der Waals surface area contributed by atoms with Crippen LogP contribution < -0.4 is 5.46 Å². The molecular weight excluding hydrogens is 175 g/mol. The van der Waals surface area contributed by atoms with Crippen molar-refractivity contribution in [2.45, 2.75) is 20.3 Å². The standard InChI is InChI=1S/C11H15BO2/c1-9-6-10(2)8-11(7-9)12-13-4-3-5-14-12/h6-8H,3-5H2,1-2H3. The van der Waals surface area contributed by atoms with E-state index < -0.39 is 0 Å². The smallest absolute Gasteiger partial charge is 0.407 e. The summed E-state index contributed by atoms with van der Waals surface area (Å²) in [4.78, 5) is 0. The molecule has 0 radical (unpaired) electrons. The van der Waals surface area contributed by atoms with Crippen LogP contribution in [0.3, 0.4) is 0 Å². The van der Waals surface area contributed by atoms with Crippen LogP contribution in [0.2, 0.25) is 0 Å². The van der Waals surface area contributed by atoms with E-state index in [1.54, 1.807) is 0 Å². The second-order valence-corrected chi connectivity index (χ2v) is 3.85. The van der Waals surface area contributed by atoms with Gasteiger partial charge in [-0.05, 0) is 25.7 Å². The fraction of sp³-hybridized carbons (Fsp3) is 0.455. The Morgan fingerprint density at radius 2 is 1.57 bits per heavy atom. The molecule has 0 aromatic heterocycles. The summed E-state index contributed by atoms with van der Waals surface area (Å²) in [5, 5.41) is 0.